The molecule has 17 heavy (non-hydrogen) atoms. The Bertz CT molecular complexity index is 422. The lowest BCUT2D eigenvalue weighted by Crippen LogP contribution is -2.29. The van der Waals surface area contributed by atoms with Crippen molar-refractivity contribution in [3.8, 4) is 0 Å². The van der Waals surface area contributed by atoms with E-state index in [1.807, 2.05) is 0 Å². The van der Waals surface area contributed by atoms with Crippen LogP contribution in [0.4, 0.5) is 4.79 Å². The van der Waals surface area contributed by atoms with E-state index in [0.717, 1.165) is 5.06 Å². The molecule has 0 aliphatic carbocycles. The van der Waals surface area contributed by atoms with Crippen LogP contribution in [0.1, 0.15) is 12.5 Å². The third kappa shape index (κ3) is 4.32. The second-order valence-corrected chi connectivity index (χ2v) is 3.63. The van der Waals surface area contributed by atoms with Crippen LogP contribution in [0.5, 0.6) is 0 Å². The molecule has 1 aromatic rings. The normalized spacial score (nSPS) is 9.59. The summed E-state index contributed by atoms with van der Waals surface area (Å²) in [6.45, 7) is 1.21. The maximum absolute atomic E-state index is 11.3. The molecule has 0 heterocycles. The Morgan fingerprint density at radius 1 is 1.35 bits per heavy atom. The Hall–Kier alpha value is -1.75. The van der Waals surface area contributed by atoms with Crippen LogP contribution >= 0.6 is 11.6 Å². The molecule has 0 bridgehead atoms. The molecule has 0 radical (unpaired) electrons. The molecule has 6 heteroatoms. The van der Waals surface area contributed by atoms with Crippen molar-refractivity contribution in [2.45, 2.75) is 13.5 Å². The van der Waals surface area contributed by atoms with Crippen LogP contribution in [0.2, 0.25) is 5.02 Å². The number of hydroxylamine groups is 2. The Morgan fingerprint density at radius 3 is 2.59 bits per heavy atom. The van der Waals surface area contributed by atoms with Crippen molar-refractivity contribution in [1.29, 1.82) is 0 Å². The number of hydrogen-bond donors (Lipinski definition) is 0. The molecule has 1 amide bonds. The maximum Gasteiger partial charge on any atom is 0.443 e. The van der Waals surface area contributed by atoms with Crippen LogP contribution < -0.4 is 0 Å². The van der Waals surface area contributed by atoms with Crippen LogP contribution in [-0.4, -0.2) is 24.2 Å². The van der Waals surface area contributed by atoms with Crippen molar-refractivity contribution in [2.75, 3.05) is 7.05 Å². The molecule has 0 N–H and O–H groups in total. The molecule has 0 fully saturated rings. The van der Waals surface area contributed by atoms with Gasteiger partial charge in [0.25, 0.3) is 0 Å². The van der Waals surface area contributed by atoms with Crippen molar-refractivity contribution in [3.05, 3.63) is 34.9 Å². The van der Waals surface area contributed by atoms with Gasteiger partial charge in [-0.2, -0.15) is 0 Å². The van der Waals surface area contributed by atoms with E-state index in [9.17, 15) is 9.59 Å². The molecule has 1 aromatic carbocycles. The van der Waals surface area contributed by atoms with Gasteiger partial charge in [0, 0.05) is 17.5 Å². The first-order chi connectivity index (χ1) is 8.00. The smallest absolute Gasteiger partial charge is 0.442 e. The van der Waals surface area contributed by atoms with Crippen molar-refractivity contribution in [3.63, 3.8) is 0 Å². The summed E-state index contributed by atoms with van der Waals surface area (Å²) in [5, 5.41) is 1.23. The third-order valence-electron chi connectivity index (χ3n) is 1.83. The van der Waals surface area contributed by atoms with Gasteiger partial charge in [0.1, 0.15) is 6.61 Å². The van der Waals surface area contributed by atoms with E-state index in [-0.39, 0.29) is 6.61 Å². The first-order valence-electron chi connectivity index (χ1n) is 4.83. The van der Waals surface area contributed by atoms with Gasteiger partial charge in [-0.05, 0) is 6.07 Å². The largest absolute Gasteiger partial charge is 0.443 e. The van der Waals surface area contributed by atoms with Gasteiger partial charge in [0.2, 0.25) is 0 Å². The van der Waals surface area contributed by atoms with E-state index < -0.39 is 12.1 Å². The quantitative estimate of drug-likeness (QED) is 0.764. The van der Waals surface area contributed by atoms with Crippen LogP contribution in [0.15, 0.2) is 24.3 Å². The Labute approximate surface area is 104 Å². The number of nitrogens with zero attached hydrogens (tertiary/aromatic N) is 1. The molecule has 0 saturated carbocycles. The Balaban J connectivity index is 2.48. The Morgan fingerprint density at radius 2 is 2.00 bits per heavy atom. The fraction of sp³-hybridized carbons (Fsp3) is 0.273. The lowest BCUT2D eigenvalue weighted by Gasteiger charge is -2.15. The summed E-state index contributed by atoms with van der Waals surface area (Å²) in [4.78, 5) is 26.5. The fourth-order valence-corrected chi connectivity index (χ4v) is 1.27. The zero-order valence-corrected chi connectivity index (χ0v) is 10.2. The van der Waals surface area contributed by atoms with Gasteiger partial charge in [-0.15, -0.1) is 5.06 Å². The van der Waals surface area contributed by atoms with Gasteiger partial charge in [0.15, 0.2) is 0 Å². The average molecular weight is 258 g/mol. The molecule has 0 saturated heterocycles. The highest BCUT2D eigenvalue weighted by Crippen LogP contribution is 2.15. The highest BCUT2D eigenvalue weighted by molar-refractivity contribution is 6.31. The fourth-order valence-electron chi connectivity index (χ4n) is 1.08. The van der Waals surface area contributed by atoms with Gasteiger partial charge < -0.3 is 9.57 Å². The molecule has 0 spiro atoms. The highest BCUT2D eigenvalue weighted by Gasteiger charge is 2.13. The van der Waals surface area contributed by atoms with Crippen molar-refractivity contribution in [2.24, 2.45) is 0 Å². The lowest BCUT2D eigenvalue weighted by atomic mass is 10.2. The van der Waals surface area contributed by atoms with Crippen molar-refractivity contribution in [1.82, 2.24) is 5.06 Å². The molecular weight excluding hydrogens is 246 g/mol. The summed E-state index contributed by atoms with van der Waals surface area (Å²) in [5.41, 5.74) is 0.679. The van der Waals surface area contributed by atoms with Gasteiger partial charge in [-0.3, -0.25) is 4.79 Å². The van der Waals surface area contributed by atoms with Gasteiger partial charge in [-0.1, -0.05) is 29.8 Å². The molecule has 0 atom stereocenters. The zero-order valence-electron chi connectivity index (χ0n) is 9.47. The van der Waals surface area contributed by atoms with E-state index >= 15 is 0 Å². The molecule has 1 rings (SSSR count). The first kappa shape index (κ1) is 13.3. The summed E-state index contributed by atoms with van der Waals surface area (Å²) in [6, 6.07) is 6.99. The second-order valence-electron chi connectivity index (χ2n) is 3.23. The van der Waals surface area contributed by atoms with Crippen molar-refractivity contribution >= 4 is 23.7 Å². The molecule has 0 aromatic heterocycles. The standard InChI is InChI=1S/C11H12ClNO4/c1-8(14)17-13(2)11(15)16-7-9-5-3-4-6-10(9)12/h3-6H,7H2,1-2H3. The zero-order chi connectivity index (χ0) is 12.8. The molecule has 5 nitrogen and oxygen atoms in total. The summed E-state index contributed by atoms with van der Waals surface area (Å²) < 4.78 is 4.90. The van der Waals surface area contributed by atoms with E-state index in [1.165, 1.54) is 14.0 Å². The molecule has 92 valence electrons. The molecule has 0 aliphatic heterocycles. The summed E-state index contributed by atoms with van der Waals surface area (Å²) in [5.74, 6) is -0.595. The SMILES string of the molecule is CC(=O)ON(C)C(=O)OCc1ccccc1Cl. The lowest BCUT2D eigenvalue weighted by molar-refractivity contribution is -0.173. The molecule has 0 unspecified atom stereocenters. The predicted octanol–water partition coefficient (Wildman–Crippen LogP) is 2.39. The van der Waals surface area contributed by atoms with Crippen LogP contribution in [0.3, 0.4) is 0 Å². The minimum atomic E-state index is -0.764. The summed E-state index contributed by atoms with van der Waals surface area (Å²) in [6.07, 6.45) is -0.764. The number of carbonyl (C=O) groups is 2. The number of ether oxygens (including phenoxy) is 1. The maximum atomic E-state index is 11.3. The average Bonchev–Trinajstić information content (AvgIpc) is 2.26. The second kappa shape index (κ2) is 6.10. The number of carbonyl (C=O) groups excluding carboxylic acids is 2. The van der Waals surface area contributed by atoms with Crippen LogP contribution in [0, 0.1) is 0 Å². The van der Waals surface area contributed by atoms with E-state index in [0.29, 0.717) is 10.6 Å². The number of benzene rings is 1. The van der Waals surface area contributed by atoms with Gasteiger partial charge in [0.05, 0.1) is 7.05 Å². The van der Waals surface area contributed by atoms with E-state index in [4.69, 9.17) is 16.3 Å². The number of hydrogen-bond acceptors (Lipinski definition) is 4. The number of amides is 1. The number of rotatable bonds is 2. The van der Waals surface area contributed by atoms with E-state index in [1.54, 1.807) is 24.3 Å². The summed E-state index contributed by atoms with van der Waals surface area (Å²) >= 11 is 5.88. The highest BCUT2D eigenvalue weighted by atomic mass is 35.5. The predicted molar refractivity (Wildman–Crippen MR) is 61.2 cm³/mol. The molecular formula is C11H12ClNO4. The van der Waals surface area contributed by atoms with E-state index in [2.05, 4.69) is 4.84 Å². The first-order valence-corrected chi connectivity index (χ1v) is 5.21. The number of halogens is 1. The molecule has 0 aliphatic rings. The van der Waals surface area contributed by atoms with Crippen LogP contribution in [-0.2, 0) is 21.0 Å². The summed E-state index contributed by atoms with van der Waals surface area (Å²) in [7, 11) is 1.29. The van der Waals surface area contributed by atoms with Crippen LogP contribution in [0.25, 0.3) is 0 Å². The third-order valence-corrected chi connectivity index (χ3v) is 2.20. The monoisotopic (exact) mass is 257 g/mol. The van der Waals surface area contributed by atoms with Gasteiger partial charge >= 0.3 is 12.1 Å². The topological polar surface area (TPSA) is 55.8 Å². The minimum absolute atomic E-state index is 0.0180. The minimum Gasteiger partial charge on any atom is -0.442 e. The Kier molecular flexibility index (Phi) is 4.78. The van der Waals surface area contributed by atoms with Crippen molar-refractivity contribution < 1.29 is 19.2 Å². The van der Waals surface area contributed by atoms with Gasteiger partial charge in [-0.25, -0.2) is 4.79 Å².